The van der Waals surface area contributed by atoms with E-state index in [0.29, 0.717) is 25.2 Å². The minimum atomic E-state index is -0.249. The number of likely N-dealkylation sites (N-methyl/N-ethyl adjacent to an activating group) is 1. The van der Waals surface area contributed by atoms with Gasteiger partial charge in [-0.3, -0.25) is 9.13 Å². The smallest absolute Gasteiger partial charge is 0.309 e. The Balaban J connectivity index is 2.28. The van der Waals surface area contributed by atoms with Crippen LogP contribution in [-0.2, 0) is 13.1 Å². The number of hydrogen-bond donors (Lipinski definition) is 1. The normalized spacial score (nSPS) is 12.6. The van der Waals surface area contributed by atoms with Crippen LogP contribution in [0.15, 0.2) is 41.5 Å². The summed E-state index contributed by atoms with van der Waals surface area (Å²) in [4.78, 5) is 12.1. The molecule has 1 heterocycles. The summed E-state index contributed by atoms with van der Waals surface area (Å²) in [7, 11) is 0. The second-order valence-corrected chi connectivity index (χ2v) is 4.65. The third-order valence-corrected chi connectivity index (χ3v) is 3.37. The molecule has 0 radical (unpaired) electrons. The molecule has 0 aliphatic carbocycles. The molecule has 1 atom stereocenters. The predicted molar refractivity (Wildman–Crippen MR) is 77.2 cm³/mol. The van der Waals surface area contributed by atoms with Crippen molar-refractivity contribution in [3.63, 3.8) is 0 Å². The molecule has 1 N–H and O–H groups in total. The third kappa shape index (κ3) is 2.99. The monoisotopic (exact) mass is 277 g/mol. The van der Waals surface area contributed by atoms with Gasteiger partial charge in [0.1, 0.15) is 5.82 Å². The SMILES string of the molecule is CCNC(Cn1ccn(CC)c1=O)c1ccccc1F. The Kier molecular flexibility index (Phi) is 4.74. The van der Waals surface area contributed by atoms with Gasteiger partial charge in [-0.15, -0.1) is 0 Å². The van der Waals surface area contributed by atoms with Gasteiger partial charge >= 0.3 is 5.69 Å². The summed E-state index contributed by atoms with van der Waals surface area (Å²) < 4.78 is 17.1. The fourth-order valence-electron chi connectivity index (χ4n) is 2.31. The molecule has 0 spiro atoms. The predicted octanol–water partition coefficient (Wildman–Crippen LogP) is 2.16. The Hall–Kier alpha value is -1.88. The van der Waals surface area contributed by atoms with Crippen LogP contribution in [0, 0.1) is 5.82 Å². The summed E-state index contributed by atoms with van der Waals surface area (Å²) in [5.74, 6) is -0.249. The Bertz CT molecular complexity index is 618. The summed E-state index contributed by atoms with van der Waals surface area (Å²) in [5, 5.41) is 3.23. The Morgan fingerprint density at radius 3 is 2.50 bits per heavy atom. The summed E-state index contributed by atoms with van der Waals surface area (Å²) in [6, 6.07) is 6.46. The number of aryl methyl sites for hydroxylation is 1. The molecule has 0 aliphatic heterocycles. The van der Waals surface area contributed by atoms with Crippen molar-refractivity contribution >= 4 is 0 Å². The van der Waals surface area contributed by atoms with Crippen LogP contribution in [0.3, 0.4) is 0 Å². The van der Waals surface area contributed by atoms with Crippen molar-refractivity contribution in [3.8, 4) is 0 Å². The van der Waals surface area contributed by atoms with E-state index >= 15 is 0 Å². The lowest BCUT2D eigenvalue weighted by molar-refractivity contribution is 0.444. The van der Waals surface area contributed by atoms with Crippen LogP contribution < -0.4 is 11.0 Å². The lowest BCUT2D eigenvalue weighted by atomic mass is 10.1. The first-order valence-corrected chi connectivity index (χ1v) is 6.90. The van der Waals surface area contributed by atoms with E-state index in [1.807, 2.05) is 19.9 Å². The summed E-state index contributed by atoms with van der Waals surface area (Å²) in [6.07, 6.45) is 3.50. The molecule has 2 rings (SSSR count). The molecule has 108 valence electrons. The quantitative estimate of drug-likeness (QED) is 0.879. The molecule has 4 nitrogen and oxygen atoms in total. The molecule has 0 aliphatic rings. The maximum atomic E-state index is 13.9. The van der Waals surface area contributed by atoms with Crippen LogP contribution in [-0.4, -0.2) is 15.7 Å². The van der Waals surface area contributed by atoms with E-state index in [4.69, 9.17) is 0 Å². The molecule has 1 aromatic heterocycles. The van der Waals surface area contributed by atoms with E-state index in [1.165, 1.54) is 6.07 Å². The maximum absolute atomic E-state index is 13.9. The standard InChI is InChI=1S/C15H20FN3O/c1-3-17-14(12-7-5-6-8-13(12)16)11-19-10-9-18(4-2)15(19)20/h5-10,14,17H,3-4,11H2,1-2H3. The third-order valence-electron chi connectivity index (χ3n) is 3.37. The van der Waals surface area contributed by atoms with Crippen molar-refractivity contribution in [1.29, 1.82) is 0 Å². The Labute approximate surface area is 117 Å². The van der Waals surface area contributed by atoms with Crippen molar-refractivity contribution in [1.82, 2.24) is 14.5 Å². The van der Waals surface area contributed by atoms with E-state index in [2.05, 4.69) is 5.32 Å². The van der Waals surface area contributed by atoms with Crippen molar-refractivity contribution in [3.05, 3.63) is 58.5 Å². The van der Waals surface area contributed by atoms with Gasteiger partial charge in [-0.1, -0.05) is 25.1 Å². The highest BCUT2D eigenvalue weighted by atomic mass is 19.1. The van der Waals surface area contributed by atoms with Gasteiger partial charge in [0.05, 0.1) is 6.04 Å². The molecule has 1 aromatic carbocycles. The zero-order valence-electron chi connectivity index (χ0n) is 11.8. The van der Waals surface area contributed by atoms with Crippen LogP contribution in [0.2, 0.25) is 0 Å². The molecule has 0 saturated heterocycles. The number of imidazole rings is 1. The van der Waals surface area contributed by atoms with Crippen LogP contribution >= 0.6 is 0 Å². The molecule has 0 bridgehead atoms. The molecule has 2 aromatic rings. The average molecular weight is 277 g/mol. The van der Waals surface area contributed by atoms with E-state index < -0.39 is 0 Å². The van der Waals surface area contributed by atoms with E-state index in [1.54, 1.807) is 33.7 Å². The number of aromatic nitrogens is 2. The first-order chi connectivity index (χ1) is 9.67. The van der Waals surface area contributed by atoms with Gasteiger partial charge in [-0.2, -0.15) is 0 Å². The first-order valence-electron chi connectivity index (χ1n) is 6.90. The minimum Gasteiger partial charge on any atom is -0.309 e. The zero-order valence-corrected chi connectivity index (χ0v) is 11.8. The molecule has 20 heavy (non-hydrogen) atoms. The number of nitrogens with one attached hydrogen (secondary N) is 1. The zero-order chi connectivity index (χ0) is 14.5. The van der Waals surface area contributed by atoms with Gasteiger partial charge in [0.15, 0.2) is 0 Å². The largest absolute Gasteiger partial charge is 0.328 e. The number of halogens is 1. The summed E-state index contributed by atoms with van der Waals surface area (Å²) in [5.41, 5.74) is 0.525. The van der Waals surface area contributed by atoms with Crippen LogP contribution in [0.4, 0.5) is 4.39 Å². The molecule has 0 saturated carbocycles. The summed E-state index contributed by atoms with van der Waals surface area (Å²) >= 11 is 0. The second-order valence-electron chi connectivity index (χ2n) is 4.65. The fourth-order valence-corrected chi connectivity index (χ4v) is 2.31. The maximum Gasteiger partial charge on any atom is 0.328 e. The Morgan fingerprint density at radius 1 is 1.20 bits per heavy atom. The highest BCUT2D eigenvalue weighted by Crippen LogP contribution is 2.18. The molecule has 0 amide bonds. The molecule has 0 fully saturated rings. The summed E-state index contributed by atoms with van der Waals surface area (Å²) in [6.45, 7) is 5.65. The van der Waals surface area contributed by atoms with Crippen LogP contribution in [0.25, 0.3) is 0 Å². The highest BCUT2D eigenvalue weighted by molar-refractivity contribution is 5.21. The van der Waals surface area contributed by atoms with Crippen LogP contribution in [0.5, 0.6) is 0 Å². The van der Waals surface area contributed by atoms with E-state index in [-0.39, 0.29) is 17.5 Å². The topological polar surface area (TPSA) is 39.0 Å². The van der Waals surface area contributed by atoms with Gasteiger partial charge in [0.25, 0.3) is 0 Å². The highest BCUT2D eigenvalue weighted by Gasteiger charge is 2.16. The molecular weight excluding hydrogens is 257 g/mol. The Morgan fingerprint density at radius 2 is 1.90 bits per heavy atom. The van der Waals surface area contributed by atoms with Gasteiger partial charge in [-0.05, 0) is 19.5 Å². The van der Waals surface area contributed by atoms with Gasteiger partial charge in [0.2, 0.25) is 0 Å². The van der Waals surface area contributed by atoms with Crippen molar-refractivity contribution in [2.75, 3.05) is 6.54 Å². The molecular formula is C15H20FN3O. The van der Waals surface area contributed by atoms with Crippen molar-refractivity contribution < 1.29 is 4.39 Å². The lowest BCUT2D eigenvalue weighted by Crippen LogP contribution is -2.31. The van der Waals surface area contributed by atoms with E-state index in [0.717, 1.165) is 0 Å². The molecule has 1 unspecified atom stereocenters. The van der Waals surface area contributed by atoms with Crippen molar-refractivity contribution in [2.24, 2.45) is 0 Å². The van der Waals surface area contributed by atoms with Gasteiger partial charge < -0.3 is 5.32 Å². The first kappa shape index (κ1) is 14.5. The second kappa shape index (κ2) is 6.52. The number of rotatable bonds is 6. The lowest BCUT2D eigenvalue weighted by Gasteiger charge is -2.19. The number of nitrogens with zero attached hydrogens (tertiary/aromatic N) is 2. The van der Waals surface area contributed by atoms with Gasteiger partial charge in [0, 0.05) is 31.0 Å². The fraction of sp³-hybridized carbons (Fsp3) is 0.400. The minimum absolute atomic E-state index is 0.0632. The van der Waals surface area contributed by atoms with E-state index in [9.17, 15) is 9.18 Å². The average Bonchev–Trinajstić information content (AvgIpc) is 2.80. The van der Waals surface area contributed by atoms with Crippen molar-refractivity contribution in [2.45, 2.75) is 33.0 Å². The van der Waals surface area contributed by atoms with Gasteiger partial charge in [-0.25, -0.2) is 9.18 Å². The molecule has 5 heteroatoms. The van der Waals surface area contributed by atoms with Crippen LogP contribution in [0.1, 0.15) is 25.5 Å². The number of hydrogen-bond acceptors (Lipinski definition) is 2. The number of benzene rings is 1.